The van der Waals surface area contributed by atoms with Crippen molar-refractivity contribution >= 4 is 5.96 Å². The summed E-state index contributed by atoms with van der Waals surface area (Å²) in [5.41, 5.74) is 1.13. The average Bonchev–Trinajstić information content (AvgIpc) is 3.22. The second-order valence-corrected chi connectivity index (χ2v) is 7.80. The van der Waals surface area contributed by atoms with Gasteiger partial charge >= 0.3 is 0 Å². The van der Waals surface area contributed by atoms with Crippen LogP contribution in [0.25, 0.3) is 0 Å². The number of aliphatic imine (C=N–C) groups is 1. The minimum atomic E-state index is -0.0821. The van der Waals surface area contributed by atoms with Crippen LogP contribution in [0.2, 0.25) is 0 Å². The molecule has 6 nitrogen and oxygen atoms in total. The summed E-state index contributed by atoms with van der Waals surface area (Å²) < 4.78 is 16.6. The Morgan fingerprint density at radius 1 is 1.32 bits per heavy atom. The molecule has 0 saturated carbocycles. The van der Waals surface area contributed by atoms with Gasteiger partial charge in [-0.1, -0.05) is 26.0 Å². The van der Waals surface area contributed by atoms with Crippen molar-refractivity contribution in [1.29, 1.82) is 0 Å². The van der Waals surface area contributed by atoms with Gasteiger partial charge in [-0.15, -0.1) is 0 Å². The second kappa shape index (κ2) is 11.9. The summed E-state index contributed by atoms with van der Waals surface area (Å²) in [6.07, 6.45) is 3.52. The zero-order valence-electron chi connectivity index (χ0n) is 17.9. The molecule has 2 rings (SSSR count). The molecule has 28 heavy (non-hydrogen) atoms. The van der Waals surface area contributed by atoms with Crippen molar-refractivity contribution in [3.63, 3.8) is 0 Å². The SMILES string of the molecule is CCNC(=NCC(C)(C)c1cccc(OC)c1)NCCCOCC1CCCO1. The van der Waals surface area contributed by atoms with Crippen molar-refractivity contribution in [2.24, 2.45) is 4.99 Å². The smallest absolute Gasteiger partial charge is 0.191 e. The minimum absolute atomic E-state index is 0.0821. The van der Waals surface area contributed by atoms with Gasteiger partial charge in [0.25, 0.3) is 0 Å². The number of nitrogens with zero attached hydrogens (tertiary/aromatic N) is 1. The Hall–Kier alpha value is -1.79. The van der Waals surface area contributed by atoms with Gasteiger partial charge in [0.2, 0.25) is 0 Å². The number of ether oxygens (including phenoxy) is 3. The van der Waals surface area contributed by atoms with Crippen molar-refractivity contribution in [3.05, 3.63) is 29.8 Å². The van der Waals surface area contributed by atoms with E-state index in [-0.39, 0.29) is 5.41 Å². The van der Waals surface area contributed by atoms with E-state index >= 15 is 0 Å². The molecule has 6 heteroatoms. The summed E-state index contributed by atoms with van der Waals surface area (Å²) in [6, 6.07) is 8.21. The molecule has 1 heterocycles. The Labute approximate surface area is 170 Å². The first-order valence-electron chi connectivity index (χ1n) is 10.4. The van der Waals surface area contributed by atoms with E-state index in [9.17, 15) is 0 Å². The first-order valence-corrected chi connectivity index (χ1v) is 10.4. The summed E-state index contributed by atoms with van der Waals surface area (Å²) in [5, 5.41) is 6.72. The first-order chi connectivity index (χ1) is 13.5. The highest BCUT2D eigenvalue weighted by Crippen LogP contribution is 2.26. The molecule has 0 aliphatic carbocycles. The van der Waals surface area contributed by atoms with Gasteiger partial charge < -0.3 is 24.8 Å². The van der Waals surface area contributed by atoms with E-state index in [0.29, 0.717) is 19.3 Å². The summed E-state index contributed by atoms with van der Waals surface area (Å²) in [6.45, 7) is 11.2. The van der Waals surface area contributed by atoms with Gasteiger partial charge in [0.1, 0.15) is 5.75 Å². The van der Waals surface area contributed by atoms with Crippen LogP contribution < -0.4 is 15.4 Å². The summed E-state index contributed by atoms with van der Waals surface area (Å²) in [7, 11) is 1.70. The van der Waals surface area contributed by atoms with Crippen molar-refractivity contribution in [2.75, 3.05) is 46.6 Å². The van der Waals surface area contributed by atoms with E-state index < -0.39 is 0 Å². The first kappa shape index (κ1) is 22.5. The Balaban J connectivity index is 1.76. The van der Waals surface area contributed by atoms with Crippen molar-refractivity contribution in [3.8, 4) is 5.75 Å². The van der Waals surface area contributed by atoms with Gasteiger partial charge in [-0.2, -0.15) is 0 Å². The lowest BCUT2D eigenvalue weighted by atomic mass is 9.85. The molecule has 1 aliphatic rings. The number of benzene rings is 1. The highest BCUT2D eigenvalue weighted by atomic mass is 16.5. The Morgan fingerprint density at radius 3 is 2.89 bits per heavy atom. The molecule has 1 saturated heterocycles. The maximum Gasteiger partial charge on any atom is 0.191 e. The maximum absolute atomic E-state index is 5.72. The van der Waals surface area contributed by atoms with Crippen LogP contribution in [0.15, 0.2) is 29.3 Å². The Kier molecular flexibility index (Phi) is 9.58. The highest BCUT2D eigenvalue weighted by molar-refractivity contribution is 5.79. The fraction of sp³-hybridized carbons (Fsp3) is 0.682. The molecule has 1 atom stereocenters. The molecule has 1 fully saturated rings. The molecule has 0 radical (unpaired) electrons. The molecular formula is C22H37N3O3. The average molecular weight is 392 g/mol. The van der Waals surface area contributed by atoms with Crippen LogP contribution in [0.3, 0.4) is 0 Å². The number of hydrogen-bond donors (Lipinski definition) is 2. The monoisotopic (exact) mass is 391 g/mol. The Bertz CT molecular complexity index is 598. The molecule has 1 aliphatic heterocycles. The normalized spacial score (nSPS) is 17.6. The quantitative estimate of drug-likeness (QED) is 0.345. The van der Waals surface area contributed by atoms with Crippen LogP contribution in [0.1, 0.15) is 45.6 Å². The zero-order valence-corrected chi connectivity index (χ0v) is 17.9. The number of nitrogens with one attached hydrogen (secondary N) is 2. The van der Waals surface area contributed by atoms with Gasteiger partial charge in [-0.3, -0.25) is 4.99 Å². The Morgan fingerprint density at radius 2 is 2.18 bits per heavy atom. The van der Waals surface area contributed by atoms with Crippen LogP contribution in [0.5, 0.6) is 5.75 Å². The zero-order chi connectivity index (χ0) is 20.2. The molecule has 0 spiro atoms. The van der Waals surface area contributed by atoms with Gasteiger partial charge in [0.15, 0.2) is 5.96 Å². The van der Waals surface area contributed by atoms with Crippen LogP contribution in [0.4, 0.5) is 0 Å². The van der Waals surface area contributed by atoms with Gasteiger partial charge in [0, 0.05) is 31.7 Å². The van der Waals surface area contributed by atoms with E-state index in [1.807, 2.05) is 12.1 Å². The van der Waals surface area contributed by atoms with E-state index in [4.69, 9.17) is 19.2 Å². The van der Waals surface area contributed by atoms with Crippen LogP contribution in [-0.2, 0) is 14.9 Å². The molecule has 158 valence electrons. The molecule has 0 bridgehead atoms. The standard InChI is InChI=1S/C22H37N3O3/c1-5-23-21(24-12-8-13-27-16-20-11-7-14-28-20)25-17-22(2,3)18-9-6-10-19(15-18)26-4/h6,9-10,15,20H,5,7-8,11-14,16-17H2,1-4H3,(H2,23,24,25). The third-order valence-electron chi connectivity index (χ3n) is 4.91. The minimum Gasteiger partial charge on any atom is -0.497 e. The number of methoxy groups -OCH3 is 1. The number of guanidine groups is 1. The van der Waals surface area contributed by atoms with Crippen molar-refractivity contribution < 1.29 is 14.2 Å². The van der Waals surface area contributed by atoms with Crippen LogP contribution in [0, 0.1) is 0 Å². The largest absolute Gasteiger partial charge is 0.497 e. The van der Waals surface area contributed by atoms with Crippen LogP contribution in [-0.4, -0.2) is 58.6 Å². The summed E-state index contributed by atoms with van der Waals surface area (Å²) in [4.78, 5) is 4.79. The molecular weight excluding hydrogens is 354 g/mol. The van der Waals surface area contributed by atoms with E-state index in [0.717, 1.165) is 57.3 Å². The summed E-state index contributed by atoms with van der Waals surface area (Å²) in [5.74, 6) is 1.72. The number of hydrogen-bond acceptors (Lipinski definition) is 4. The van der Waals surface area contributed by atoms with Gasteiger partial charge in [-0.05, 0) is 43.9 Å². The molecule has 1 unspecified atom stereocenters. The highest BCUT2D eigenvalue weighted by Gasteiger charge is 2.21. The predicted octanol–water partition coefficient (Wildman–Crippen LogP) is 3.11. The van der Waals surface area contributed by atoms with Gasteiger partial charge in [-0.25, -0.2) is 0 Å². The van der Waals surface area contributed by atoms with Crippen molar-refractivity contribution in [1.82, 2.24) is 10.6 Å². The van der Waals surface area contributed by atoms with Crippen molar-refractivity contribution in [2.45, 2.75) is 51.6 Å². The van der Waals surface area contributed by atoms with Crippen LogP contribution >= 0.6 is 0 Å². The lowest BCUT2D eigenvalue weighted by Gasteiger charge is -2.24. The fourth-order valence-corrected chi connectivity index (χ4v) is 3.13. The third-order valence-corrected chi connectivity index (χ3v) is 4.91. The van der Waals surface area contributed by atoms with Gasteiger partial charge in [0.05, 0.1) is 26.4 Å². The topological polar surface area (TPSA) is 64.1 Å². The molecule has 1 aromatic rings. The summed E-state index contributed by atoms with van der Waals surface area (Å²) >= 11 is 0. The third kappa shape index (κ3) is 7.68. The van der Waals surface area contributed by atoms with E-state index in [2.05, 4.69) is 43.5 Å². The van der Waals surface area contributed by atoms with E-state index in [1.54, 1.807) is 7.11 Å². The fourth-order valence-electron chi connectivity index (χ4n) is 3.13. The predicted molar refractivity (Wildman–Crippen MR) is 114 cm³/mol. The maximum atomic E-state index is 5.72. The number of rotatable bonds is 11. The molecule has 0 amide bonds. The second-order valence-electron chi connectivity index (χ2n) is 7.80. The lowest BCUT2D eigenvalue weighted by Crippen LogP contribution is -2.39. The lowest BCUT2D eigenvalue weighted by molar-refractivity contribution is 0.0168. The van der Waals surface area contributed by atoms with E-state index in [1.165, 1.54) is 5.56 Å². The molecule has 2 N–H and O–H groups in total. The molecule has 0 aromatic heterocycles. The molecule has 1 aromatic carbocycles.